The van der Waals surface area contributed by atoms with Gasteiger partial charge in [0.2, 0.25) is 11.7 Å². The number of rotatable bonds is 5. The van der Waals surface area contributed by atoms with E-state index in [1.165, 1.54) is 11.8 Å². The smallest absolute Gasteiger partial charge is 0.313 e. The highest BCUT2D eigenvalue weighted by Crippen LogP contribution is 2.21. The van der Waals surface area contributed by atoms with E-state index < -0.39 is 5.97 Å². The zero-order valence-corrected chi connectivity index (χ0v) is 11.6. The number of carboxylic acids is 1. The van der Waals surface area contributed by atoms with Gasteiger partial charge in [-0.25, -0.2) is 0 Å². The van der Waals surface area contributed by atoms with Crippen LogP contribution in [0.4, 0.5) is 0 Å². The average Bonchev–Trinajstić information content (AvgIpc) is 2.95. The number of carbonyl (C=O) groups is 1. The molecule has 0 fully saturated rings. The van der Waals surface area contributed by atoms with Crippen LogP contribution in [0.25, 0.3) is 22.4 Å². The summed E-state index contributed by atoms with van der Waals surface area (Å²) in [6.45, 7) is 0. The molecular weight excluding hydrogens is 292 g/mol. The maximum atomic E-state index is 10.4. The van der Waals surface area contributed by atoms with Crippen LogP contribution in [0.3, 0.4) is 0 Å². The third-order valence-corrected chi connectivity index (χ3v) is 3.55. The topological polar surface area (TPSA) is 102 Å². The minimum atomic E-state index is -0.868. The number of carboxylic acid groups (broad SMARTS) is 1. The van der Waals surface area contributed by atoms with Gasteiger partial charge in [0, 0.05) is 18.0 Å². The highest BCUT2D eigenvalue weighted by Gasteiger charge is 2.10. The summed E-state index contributed by atoms with van der Waals surface area (Å²) in [6, 6.07) is 5.52. The molecule has 0 saturated carbocycles. The normalized spacial score (nSPS) is 10.9. The number of thioether (sulfide) groups is 1. The van der Waals surface area contributed by atoms with Gasteiger partial charge in [0.15, 0.2) is 0 Å². The van der Waals surface area contributed by atoms with Crippen molar-refractivity contribution < 1.29 is 14.4 Å². The van der Waals surface area contributed by atoms with E-state index in [2.05, 4.69) is 20.1 Å². The lowest BCUT2D eigenvalue weighted by atomic mass is 10.2. The maximum Gasteiger partial charge on any atom is 0.313 e. The molecule has 7 nitrogen and oxygen atoms in total. The molecule has 3 rings (SSSR count). The van der Waals surface area contributed by atoms with Gasteiger partial charge in [0.25, 0.3) is 0 Å². The second-order valence-electron chi connectivity index (χ2n) is 4.16. The Kier molecular flexibility index (Phi) is 3.78. The van der Waals surface area contributed by atoms with E-state index in [4.69, 9.17) is 9.63 Å². The van der Waals surface area contributed by atoms with Gasteiger partial charge in [-0.2, -0.15) is 4.98 Å². The molecule has 0 unspecified atom stereocenters. The summed E-state index contributed by atoms with van der Waals surface area (Å²) < 4.78 is 5.10. The molecule has 1 aromatic carbocycles. The van der Waals surface area contributed by atoms with E-state index in [0.29, 0.717) is 17.5 Å². The first-order chi connectivity index (χ1) is 10.2. The van der Waals surface area contributed by atoms with Crippen molar-refractivity contribution in [1.29, 1.82) is 0 Å². The van der Waals surface area contributed by atoms with Gasteiger partial charge >= 0.3 is 5.97 Å². The van der Waals surface area contributed by atoms with E-state index >= 15 is 0 Å². The molecule has 0 amide bonds. The molecule has 21 heavy (non-hydrogen) atoms. The molecule has 0 saturated heterocycles. The Hall–Kier alpha value is -2.48. The average molecular weight is 302 g/mol. The van der Waals surface area contributed by atoms with Crippen molar-refractivity contribution in [3.63, 3.8) is 0 Å². The fourth-order valence-corrected chi connectivity index (χ4v) is 2.33. The number of hydrogen-bond donors (Lipinski definition) is 1. The summed E-state index contributed by atoms with van der Waals surface area (Å²) in [5.41, 5.74) is 2.32. The standard InChI is InChI=1S/C13H10N4O3S/c18-12(19)7-21-6-11-16-13(17-20-11)8-1-2-9-10(5-8)15-4-3-14-9/h1-5H,6-7H2,(H,18,19). The molecule has 1 N–H and O–H groups in total. The van der Waals surface area contributed by atoms with Crippen molar-refractivity contribution in [3.8, 4) is 11.4 Å². The SMILES string of the molecule is O=C(O)CSCc1nc(-c2ccc3nccnc3c2)no1. The molecule has 106 valence electrons. The van der Waals surface area contributed by atoms with Crippen LogP contribution in [0, 0.1) is 0 Å². The van der Waals surface area contributed by atoms with Gasteiger partial charge in [-0.05, 0) is 18.2 Å². The molecule has 0 atom stereocenters. The molecule has 8 heteroatoms. The van der Waals surface area contributed by atoms with Crippen LogP contribution in [0.5, 0.6) is 0 Å². The minimum Gasteiger partial charge on any atom is -0.481 e. The van der Waals surface area contributed by atoms with Crippen molar-refractivity contribution in [2.75, 3.05) is 5.75 Å². The van der Waals surface area contributed by atoms with Crippen molar-refractivity contribution in [1.82, 2.24) is 20.1 Å². The van der Waals surface area contributed by atoms with Gasteiger partial charge < -0.3 is 9.63 Å². The number of fused-ring (bicyclic) bond motifs is 1. The van der Waals surface area contributed by atoms with Gasteiger partial charge in [-0.1, -0.05) is 5.16 Å². The van der Waals surface area contributed by atoms with Crippen LogP contribution < -0.4 is 0 Å². The third kappa shape index (κ3) is 3.16. The highest BCUT2D eigenvalue weighted by atomic mass is 32.2. The van der Waals surface area contributed by atoms with Crippen molar-refractivity contribution in [2.45, 2.75) is 5.75 Å². The van der Waals surface area contributed by atoms with E-state index in [1.54, 1.807) is 12.4 Å². The number of nitrogens with zero attached hydrogens (tertiary/aromatic N) is 4. The number of hydrogen-bond acceptors (Lipinski definition) is 7. The summed E-state index contributed by atoms with van der Waals surface area (Å²) in [7, 11) is 0. The first-order valence-corrected chi connectivity index (χ1v) is 7.21. The molecular formula is C13H10N4O3S. The quantitative estimate of drug-likeness (QED) is 0.763. The molecule has 3 aromatic rings. The van der Waals surface area contributed by atoms with Crippen LogP contribution in [0.2, 0.25) is 0 Å². The van der Waals surface area contributed by atoms with Gasteiger partial charge in [0.05, 0.1) is 22.5 Å². The molecule has 2 aromatic heterocycles. The van der Waals surface area contributed by atoms with Gasteiger partial charge in [0.1, 0.15) is 0 Å². The van der Waals surface area contributed by atoms with E-state index in [0.717, 1.165) is 16.6 Å². The number of benzene rings is 1. The lowest BCUT2D eigenvalue weighted by Gasteiger charge is -1.97. The zero-order valence-electron chi connectivity index (χ0n) is 10.8. The Morgan fingerprint density at radius 2 is 2.05 bits per heavy atom. The molecule has 0 radical (unpaired) electrons. The Bertz CT molecular complexity index is 790. The fourth-order valence-electron chi connectivity index (χ4n) is 1.76. The Morgan fingerprint density at radius 3 is 2.86 bits per heavy atom. The van der Waals surface area contributed by atoms with Crippen molar-refractivity contribution in [2.24, 2.45) is 0 Å². The van der Waals surface area contributed by atoms with Crippen molar-refractivity contribution in [3.05, 3.63) is 36.5 Å². The predicted molar refractivity (Wildman–Crippen MR) is 76.6 cm³/mol. The molecule has 0 aliphatic heterocycles. The lowest BCUT2D eigenvalue weighted by Crippen LogP contribution is -1.98. The molecule has 2 heterocycles. The van der Waals surface area contributed by atoms with E-state index in [9.17, 15) is 4.79 Å². The molecule has 0 spiro atoms. The van der Waals surface area contributed by atoms with Crippen LogP contribution in [-0.2, 0) is 10.5 Å². The van der Waals surface area contributed by atoms with Crippen LogP contribution in [-0.4, -0.2) is 36.9 Å². The second-order valence-corrected chi connectivity index (χ2v) is 5.14. The van der Waals surface area contributed by atoms with Crippen LogP contribution in [0.1, 0.15) is 5.89 Å². The lowest BCUT2D eigenvalue weighted by molar-refractivity contribution is -0.133. The zero-order chi connectivity index (χ0) is 14.7. The third-order valence-electron chi connectivity index (χ3n) is 2.65. The summed E-state index contributed by atoms with van der Waals surface area (Å²) >= 11 is 1.21. The predicted octanol–water partition coefficient (Wildman–Crippen LogP) is 2.00. The maximum absolute atomic E-state index is 10.4. The number of aromatic nitrogens is 4. The fraction of sp³-hybridized carbons (Fsp3) is 0.154. The first kappa shape index (κ1) is 13.5. The van der Waals surface area contributed by atoms with Gasteiger partial charge in [-0.3, -0.25) is 14.8 Å². The summed E-state index contributed by atoms with van der Waals surface area (Å²) in [6.07, 6.45) is 3.25. The Morgan fingerprint density at radius 1 is 1.24 bits per heavy atom. The van der Waals surface area contributed by atoms with Gasteiger partial charge in [-0.15, -0.1) is 11.8 Å². The summed E-state index contributed by atoms with van der Waals surface area (Å²) in [4.78, 5) is 23.1. The minimum absolute atomic E-state index is 0.00325. The van der Waals surface area contributed by atoms with E-state index in [1.807, 2.05) is 18.2 Å². The Labute approximate surface area is 123 Å². The second kappa shape index (κ2) is 5.88. The summed E-state index contributed by atoms with van der Waals surface area (Å²) in [5.74, 6) is 0.354. The number of aliphatic carboxylic acids is 1. The summed E-state index contributed by atoms with van der Waals surface area (Å²) in [5, 5.41) is 12.5. The highest BCUT2D eigenvalue weighted by molar-refractivity contribution is 7.99. The van der Waals surface area contributed by atoms with Crippen molar-refractivity contribution >= 4 is 28.8 Å². The molecule has 0 aliphatic carbocycles. The van der Waals surface area contributed by atoms with Crippen LogP contribution in [0.15, 0.2) is 35.1 Å². The molecule has 0 aliphatic rings. The largest absolute Gasteiger partial charge is 0.481 e. The monoisotopic (exact) mass is 302 g/mol. The Balaban J connectivity index is 1.79. The van der Waals surface area contributed by atoms with E-state index in [-0.39, 0.29) is 5.75 Å². The first-order valence-electron chi connectivity index (χ1n) is 6.05. The molecule has 0 bridgehead atoms. The van der Waals surface area contributed by atoms with Crippen LogP contribution >= 0.6 is 11.8 Å².